The van der Waals surface area contributed by atoms with Crippen molar-refractivity contribution in [3.63, 3.8) is 0 Å². The standard InChI is InChI=1S/C22H34N6O.HI/c1-5-23-21(27-16-20-25-15-18(29-20)22(2,3)4)26-14-17-9-10-24-19(13-17)28-11-7-6-8-12-28;/h9-10,13,15H,5-8,11-12,14,16H2,1-4H3,(H2,23,26,27);1H. The molecule has 1 saturated heterocycles. The van der Waals surface area contributed by atoms with E-state index in [9.17, 15) is 0 Å². The number of hydrogen-bond acceptors (Lipinski definition) is 5. The van der Waals surface area contributed by atoms with Crippen LogP contribution in [-0.4, -0.2) is 35.6 Å². The van der Waals surface area contributed by atoms with Gasteiger partial charge in [-0.15, -0.1) is 24.0 Å². The van der Waals surface area contributed by atoms with Crippen LogP contribution in [0.4, 0.5) is 5.82 Å². The highest BCUT2D eigenvalue weighted by atomic mass is 127. The first kappa shape index (κ1) is 24.4. The molecule has 30 heavy (non-hydrogen) atoms. The molecule has 0 spiro atoms. The topological polar surface area (TPSA) is 78.6 Å². The molecule has 7 nitrogen and oxygen atoms in total. The second-order valence-corrected chi connectivity index (χ2v) is 8.49. The van der Waals surface area contributed by atoms with Crippen molar-refractivity contribution in [3.05, 3.63) is 41.7 Å². The third-order valence-corrected chi connectivity index (χ3v) is 4.95. The highest BCUT2D eigenvalue weighted by Gasteiger charge is 2.19. The van der Waals surface area contributed by atoms with Crippen LogP contribution >= 0.6 is 24.0 Å². The Morgan fingerprint density at radius 1 is 1.17 bits per heavy atom. The lowest BCUT2D eigenvalue weighted by atomic mass is 9.94. The average molecular weight is 526 g/mol. The fourth-order valence-electron chi connectivity index (χ4n) is 3.27. The fraction of sp³-hybridized carbons (Fsp3) is 0.591. The zero-order valence-corrected chi connectivity index (χ0v) is 20.9. The highest BCUT2D eigenvalue weighted by molar-refractivity contribution is 14.0. The summed E-state index contributed by atoms with van der Waals surface area (Å²) in [5.74, 6) is 3.36. The minimum Gasteiger partial charge on any atom is -0.443 e. The van der Waals surface area contributed by atoms with Crippen molar-refractivity contribution in [2.75, 3.05) is 24.5 Å². The zero-order chi connectivity index (χ0) is 20.7. The molecule has 1 aliphatic heterocycles. The normalized spacial score (nSPS) is 14.9. The number of nitrogens with zero attached hydrogens (tertiary/aromatic N) is 4. The van der Waals surface area contributed by atoms with Crippen LogP contribution in [0.3, 0.4) is 0 Å². The van der Waals surface area contributed by atoms with Gasteiger partial charge in [0.2, 0.25) is 5.89 Å². The molecule has 3 heterocycles. The molecule has 1 aliphatic rings. The Morgan fingerprint density at radius 2 is 1.93 bits per heavy atom. The molecule has 3 rings (SSSR count). The molecular formula is C22H35IN6O. The Hall–Kier alpha value is -1.84. The lowest BCUT2D eigenvalue weighted by Crippen LogP contribution is -2.36. The molecule has 0 radical (unpaired) electrons. The molecule has 0 aliphatic carbocycles. The number of rotatable bonds is 6. The van der Waals surface area contributed by atoms with E-state index >= 15 is 0 Å². The van der Waals surface area contributed by atoms with Crippen molar-refractivity contribution in [1.29, 1.82) is 0 Å². The number of piperidine rings is 1. The lowest BCUT2D eigenvalue weighted by molar-refractivity contribution is 0.379. The van der Waals surface area contributed by atoms with Crippen molar-refractivity contribution in [1.82, 2.24) is 20.6 Å². The molecule has 2 aromatic heterocycles. The molecule has 2 N–H and O–H groups in total. The van der Waals surface area contributed by atoms with Crippen LogP contribution < -0.4 is 15.5 Å². The van der Waals surface area contributed by atoms with Crippen molar-refractivity contribution in [2.24, 2.45) is 4.99 Å². The number of pyridine rings is 1. The number of aromatic nitrogens is 2. The third-order valence-electron chi connectivity index (χ3n) is 4.95. The van der Waals surface area contributed by atoms with E-state index in [4.69, 9.17) is 9.41 Å². The van der Waals surface area contributed by atoms with Gasteiger partial charge in [-0.25, -0.2) is 15.0 Å². The average Bonchev–Trinajstić information content (AvgIpc) is 3.21. The number of halogens is 1. The smallest absolute Gasteiger partial charge is 0.213 e. The number of hydrogen-bond donors (Lipinski definition) is 2. The third kappa shape index (κ3) is 7.14. The van der Waals surface area contributed by atoms with Gasteiger partial charge in [-0.1, -0.05) is 20.8 Å². The van der Waals surface area contributed by atoms with Gasteiger partial charge in [-0.2, -0.15) is 0 Å². The Kier molecular flexibility index (Phi) is 9.38. The van der Waals surface area contributed by atoms with Gasteiger partial charge in [-0.3, -0.25) is 0 Å². The maximum atomic E-state index is 5.85. The van der Waals surface area contributed by atoms with Crippen molar-refractivity contribution in [3.8, 4) is 0 Å². The highest BCUT2D eigenvalue weighted by Crippen LogP contribution is 2.22. The summed E-state index contributed by atoms with van der Waals surface area (Å²) >= 11 is 0. The Morgan fingerprint density at radius 3 is 2.60 bits per heavy atom. The van der Waals surface area contributed by atoms with E-state index < -0.39 is 0 Å². The first-order valence-electron chi connectivity index (χ1n) is 10.6. The largest absolute Gasteiger partial charge is 0.443 e. The van der Waals surface area contributed by atoms with Gasteiger partial charge in [0.25, 0.3) is 0 Å². The zero-order valence-electron chi connectivity index (χ0n) is 18.6. The maximum absolute atomic E-state index is 5.85. The lowest BCUT2D eigenvalue weighted by Gasteiger charge is -2.27. The van der Waals surface area contributed by atoms with Gasteiger partial charge in [-0.05, 0) is 43.9 Å². The predicted octanol–water partition coefficient (Wildman–Crippen LogP) is 4.23. The van der Waals surface area contributed by atoms with Gasteiger partial charge in [0.05, 0.1) is 19.3 Å². The molecule has 166 valence electrons. The van der Waals surface area contributed by atoms with Gasteiger partial charge in [0, 0.05) is 31.2 Å². The van der Waals surface area contributed by atoms with Crippen LogP contribution in [0.15, 0.2) is 33.9 Å². The second kappa shape index (κ2) is 11.5. The van der Waals surface area contributed by atoms with Gasteiger partial charge in [0.15, 0.2) is 5.96 Å². The molecule has 2 aromatic rings. The molecule has 0 saturated carbocycles. The van der Waals surface area contributed by atoms with E-state index in [1.54, 1.807) is 6.20 Å². The van der Waals surface area contributed by atoms with Crippen LogP contribution in [0.25, 0.3) is 0 Å². The van der Waals surface area contributed by atoms with Crippen LogP contribution in [0.5, 0.6) is 0 Å². The Balaban J connectivity index is 0.00000320. The molecule has 1 fully saturated rings. The summed E-state index contributed by atoms with van der Waals surface area (Å²) < 4.78 is 5.85. The summed E-state index contributed by atoms with van der Waals surface area (Å²) in [5, 5.41) is 6.59. The summed E-state index contributed by atoms with van der Waals surface area (Å²) in [5.41, 5.74) is 1.11. The van der Waals surface area contributed by atoms with E-state index in [1.807, 2.05) is 12.3 Å². The maximum Gasteiger partial charge on any atom is 0.213 e. The summed E-state index contributed by atoms with van der Waals surface area (Å²) in [6.07, 6.45) is 7.50. The number of nitrogens with one attached hydrogen (secondary N) is 2. The van der Waals surface area contributed by atoms with Gasteiger partial charge in [0.1, 0.15) is 11.6 Å². The molecule has 0 amide bonds. The summed E-state index contributed by atoms with van der Waals surface area (Å²) in [7, 11) is 0. The summed E-state index contributed by atoms with van der Waals surface area (Å²) in [6.45, 7) is 12.5. The first-order valence-corrected chi connectivity index (χ1v) is 10.6. The van der Waals surface area contributed by atoms with Crippen molar-refractivity contribution < 1.29 is 4.42 Å². The number of aliphatic imine (C=N–C) groups is 1. The minimum absolute atomic E-state index is 0. The van der Waals surface area contributed by atoms with E-state index in [0.717, 1.165) is 42.7 Å². The summed E-state index contributed by atoms with van der Waals surface area (Å²) in [6, 6.07) is 4.19. The van der Waals surface area contributed by atoms with Gasteiger partial charge >= 0.3 is 0 Å². The van der Waals surface area contributed by atoms with Crippen molar-refractivity contribution >= 4 is 35.8 Å². The van der Waals surface area contributed by atoms with E-state index in [2.05, 4.69) is 59.3 Å². The number of guanidine groups is 1. The van der Waals surface area contributed by atoms with E-state index in [0.29, 0.717) is 19.0 Å². The predicted molar refractivity (Wildman–Crippen MR) is 133 cm³/mol. The number of anilines is 1. The Labute approximate surface area is 197 Å². The summed E-state index contributed by atoms with van der Waals surface area (Å²) in [4.78, 5) is 16.0. The van der Waals surface area contributed by atoms with Crippen molar-refractivity contribution in [2.45, 2.75) is 65.5 Å². The molecule has 8 heteroatoms. The quantitative estimate of drug-likeness (QED) is 0.333. The van der Waals surface area contributed by atoms with Crippen LogP contribution in [0.1, 0.15) is 64.2 Å². The Bertz CT molecular complexity index is 808. The monoisotopic (exact) mass is 526 g/mol. The van der Waals surface area contributed by atoms with Crippen LogP contribution in [0.2, 0.25) is 0 Å². The number of oxazole rings is 1. The van der Waals surface area contributed by atoms with Crippen LogP contribution in [0, 0.1) is 0 Å². The van der Waals surface area contributed by atoms with Gasteiger partial charge < -0.3 is 20.0 Å². The first-order chi connectivity index (χ1) is 14.0. The minimum atomic E-state index is -0.0444. The van der Waals surface area contributed by atoms with E-state index in [1.165, 1.54) is 19.3 Å². The second-order valence-electron chi connectivity index (χ2n) is 8.49. The molecule has 0 unspecified atom stereocenters. The molecule has 0 aromatic carbocycles. The van der Waals surface area contributed by atoms with Crippen LogP contribution in [-0.2, 0) is 18.5 Å². The SMILES string of the molecule is CCNC(=NCc1ccnc(N2CCCCC2)c1)NCc1ncc(C(C)(C)C)o1.I. The van der Waals surface area contributed by atoms with E-state index in [-0.39, 0.29) is 29.4 Å². The molecule has 0 atom stereocenters. The molecule has 0 bridgehead atoms. The molecular weight excluding hydrogens is 491 g/mol. The fourth-order valence-corrected chi connectivity index (χ4v) is 3.27.